The summed E-state index contributed by atoms with van der Waals surface area (Å²) in [5.74, 6) is 1.13. The fourth-order valence-electron chi connectivity index (χ4n) is 3.40. The standard InChI is InChI=1S/C19H29NO/c1-4-6-17-7-5-13-20(14-12-17)16(3)19(21)18-10-8-15(2)9-11-18/h8-11,16-17H,4-7,12-14H2,1-3H3. The lowest BCUT2D eigenvalue weighted by molar-refractivity contribution is 0.0841. The highest BCUT2D eigenvalue weighted by Crippen LogP contribution is 2.23. The first-order valence-electron chi connectivity index (χ1n) is 8.46. The average molecular weight is 287 g/mol. The van der Waals surface area contributed by atoms with Gasteiger partial charge in [-0.3, -0.25) is 9.69 Å². The van der Waals surface area contributed by atoms with Crippen molar-refractivity contribution >= 4 is 5.78 Å². The van der Waals surface area contributed by atoms with Crippen molar-refractivity contribution < 1.29 is 4.79 Å². The van der Waals surface area contributed by atoms with Crippen LogP contribution in [0.15, 0.2) is 24.3 Å². The number of hydrogen-bond acceptors (Lipinski definition) is 2. The number of Topliss-reactive ketones (excluding diaryl/α,β-unsaturated/α-hetero) is 1. The van der Waals surface area contributed by atoms with Crippen LogP contribution in [-0.2, 0) is 0 Å². The van der Waals surface area contributed by atoms with E-state index in [-0.39, 0.29) is 11.8 Å². The lowest BCUT2D eigenvalue weighted by Crippen LogP contribution is -2.39. The molecule has 1 aromatic rings. The molecule has 0 saturated carbocycles. The first kappa shape index (κ1) is 16.2. The lowest BCUT2D eigenvalue weighted by atomic mass is 9.96. The van der Waals surface area contributed by atoms with Gasteiger partial charge < -0.3 is 0 Å². The van der Waals surface area contributed by atoms with Crippen LogP contribution in [0.1, 0.15) is 61.9 Å². The van der Waals surface area contributed by atoms with Crippen molar-refractivity contribution in [3.63, 3.8) is 0 Å². The fourth-order valence-corrected chi connectivity index (χ4v) is 3.40. The normalized spacial score (nSPS) is 21.8. The number of carbonyl (C=O) groups excluding carboxylic acids is 1. The maximum atomic E-state index is 12.6. The minimum absolute atomic E-state index is 0.00748. The van der Waals surface area contributed by atoms with E-state index in [1.54, 1.807) is 0 Å². The average Bonchev–Trinajstić information content (AvgIpc) is 2.73. The van der Waals surface area contributed by atoms with Crippen molar-refractivity contribution in [1.29, 1.82) is 0 Å². The Morgan fingerprint density at radius 1 is 1.24 bits per heavy atom. The Kier molecular flexibility index (Phi) is 5.98. The summed E-state index contributed by atoms with van der Waals surface area (Å²) in [7, 11) is 0. The first-order chi connectivity index (χ1) is 10.1. The molecule has 0 aromatic heterocycles. The molecule has 2 nitrogen and oxygen atoms in total. The Morgan fingerprint density at radius 3 is 2.62 bits per heavy atom. The summed E-state index contributed by atoms with van der Waals surface area (Å²) in [5.41, 5.74) is 2.05. The highest BCUT2D eigenvalue weighted by atomic mass is 16.1. The van der Waals surface area contributed by atoms with E-state index in [1.165, 1.54) is 37.7 Å². The van der Waals surface area contributed by atoms with Crippen molar-refractivity contribution in [1.82, 2.24) is 4.90 Å². The summed E-state index contributed by atoms with van der Waals surface area (Å²) >= 11 is 0. The molecule has 1 saturated heterocycles. The van der Waals surface area contributed by atoms with Crippen LogP contribution in [-0.4, -0.2) is 29.8 Å². The van der Waals surface area contributed by atoms with Gasteiger partial charge in [-0.1, -0.05) is 49.6 Å². The molecule has 1 aliphatic rings. The summed E-state index contributed by atoms with van der Waals surface area (Å²) in [6.45, 7) is 8.54. The molecule has 0 bridgehead atoms. The highest BCUT2D eigenvalue weighted by Gasteiger charge is 2.25. The molecule has 1 aromatic carbocycles. The summed E-state index contributed by atoms with van der Waals surface area (Å²) in [5, 5.41) is 0. The molecule has 2 atom stereocenters. The van der Waals surface area contributed by atoms with Gasteiger partial charge in [0.1, 0.15) is 0 Å². The van der Waals surface area contributed by atoms with E-state index in [0.29, 0.717) is 0 Å². The zero-order valence-electron chi connectivity index (χ0n) is 13.8. The van der Waals surface area contributed by atoms with E-state index in [1.807, 2.05) is 24.3 Å². The van der Waals surface area contributed by atoms with Gasteiger partial charge in [0, 0.05) is 5.56 Å². The molecule has 2 heteroatoms. The molecule has 2 rings (SSSR count). The first-order valence-corrected chi connectivity index (χ1v) is 8.46. The second-order valence-electron chi connectivity index (χ2n) is 6.53. The molecule has 1 heterocycles. The summed E-state index contributed by atoms with van der Waals surface area (Å²) in [4.78, 5) is 15.0. The minimum Gasteiger partial charge on any atom is -0.293 e. The number of benzene rings is 1. The smallest absolute Gasteiger partial charge is 0.179 e. The summed E-state index contributed by atoms with van der Waals surface area (Å²) in [6.07, 6.45) is 6.43. The number of aryl methyl sites for hydroxylation is 1. The molecule has 1 fully saturated rings. The predicted octanol–water partition coefficient (Wildman–Crippen LogP) is 4.47. The maximum absolute atomic E-state index is 12.6. The molecule has 0 aliphatic carbocycles. The Hall–Kier alpha value is -1.15. The van der Waals surface area contributed by atoms with Crippen molar-refractivity contribution in [3.05, 3.63) is 35.4 Å². The Labute approximate surface area is 129 Å². The van der Waals surface area contributed by atoms with Crippen molar-refractivity contribution in [2.45, 2.75) is 58.9 Å². The monoisotopic (exact) mass is 287 g/mol. The molecule has 0 N–H and O–H groups in total. The lowest BCUT2D eigenvalue weighted by Gasteiger charge is -2.26. The second-order valence-corrected chi connectivity index (χ2v) is 6.53. The molecule has 21 heavy (non-hydrogen) atoms. The number of nitrogens with zero attached hydrogens (tertiary/aromatic N) is 1. The third kappa shape index (κ3) is 4.41. The molecule has 1 aliphatic heterocycles. The quantitative estimate of drug-likeness (QED) is 0.745. The number of rotatable bonds is 5. The van der Waals surface area contributed by atoms with Crippen LogP contribution in [0.3, 0.4) is 0 Å². The number of ketones is 1. The number of carbonyl (C=O) groups is 1. The van der Waals surface area contributed by atoms with E-state index in [4.69, 9.17) is 0 Å². The van der Waals surface area contributed by atoms with Crippen molar-refractivity contribution in [2.75, 3.05) is 13.1 Å². The summed E-state index contributed by atoms with van der Waals surface area (Å²) < 4.78 is 0. The molecular weight excluding hydrogens is 258 g/mol. The van der Waals surface area contributed by atoms with Gasteiger partial charge in [0.05, 0.1) is 6.04 Å². The molecule has 0 radical (unpaired) electrons. The molecule has 2 unspecified atom stereocenters. The molecular formula is C19H29NO. The topological polar surface area (TPSA) is 20.3 Å². The SMILES string of the molecule is CCCC1CCCN(C(C)C(=O)c2ccc(C)cc2)CC1. The number of likely N-dealkylation sites (tertiary alicyclic amines) is 1. The number of hydrogen-bond donors (Lipinski definition) is 0. The van der Waals surface area contributed by atoms with Gasteiger partial charge in [0.2, 0.25) is 0 Å². The van der Waals surface area contributed by atoms with Crippen LogP contribution < -0.4 is 0 Å². The Balaban J connectivity index is 1.97. The molecule has 0 spiro atoms. The highest BCUT2D eigenvalue weighted by molar-refractivity contribution is 5.99. The maximum Gasteiger partial charge on any atom is 0.179 e. The van der Waals surface area contributed by atoms with Gasteiger partial charge in [-0.2, -0.15) is 0 Å². The second kappa shape index (κ2) is 7.74. The van der Waals surface area contributed by atoms with E-state index in [2.05, 4.69) is 25.7 Å². The third-order valence-electron chi connectivity index (χ3n) is 4.84. The van der Waals surface area contributed by atoms with E-state index >= 15 is 0 Å². The van der Waals surface area contributed by atoms with Gasteiger partial charge in [-0.05, 0) is 52.1 Å². The molecule has 116 valence electrons. The largest absolute Gasteiger partial charge is 0.293 e. The van der Waals surface area contributed by atoms with Gasteiger partial charge in [-0.25, -0.2) is 0 Å². The zero-order valence-corrected chi connectivity index (χ0v) is 13.8. The van der Waals surface area contributed by atoms with Crippen LogP contribution in [0.5, 0.6) is 0 Å². The van der Waals surface area contributed by atoms with Crippen molar-refractivity contribution in [2.24, 2.45) is 5.92 Å². The Morgan fingerprint density at radius 2 is 1.95 bits per heavy atom. The van der Waals surface area contributed by atoms with E-state index < -0.39 is 0 Å². The van der Waals surface area contributed by atoms with Crippen LogP contribution in [0.2, 0.25) is 0 Å². The zero-order chi connectivity index (χ0) is 15.2. The van der Waals surface area contributed by atoms with Crippen LogP contribution in [0.4, 0.5) is 0 Å². The fraction of sp³-hybridized carbons (Fsp3) is 0.632. The van der Waals surface area contributed by atoms with Gasteiger partial charge >= 0.3 is 0 Å². The Bertz CT molecular complexity index is 451. The third-order valence-corrected chi connectivity index (χ3v) is 4.84. The van der Waals surface area contributed by atoms with E-state index in [9.17, 15) is 4.79 Å². The van der Waals surface area contributed by atoms with Gasteiger partial charge in [-0.15, -0.1) is 0 Å². The molecule has 0 amide bonds. The van der Waals surface area contributed by atoms with Crippen LogP contribution in [0.25, 0.3) is 0 Å². The van der Waals surface area contributed by atoms with Crippen molar-refractivity contribution in [3.8, 4) is 0 Å². The van der Waals surface area contributed by atoms with Crippen LogP contribution >= 0.6 is 0 Å². The van der Waals surface area contributed by atoms with Crippen LogP contribution in [0, 0.1) is 12.8 Å². The minimum atomic E-state index is 0.00748. The van der Waals surface area contributed by atoms with Gasteiger partial charge in [0.15, 0.2) is 5.78 Å². The van der Waals surface area contributed by atoms with E-state index in [0.717, 1.165) is 24.6 Å². The summed E-state index contributed by atoms with van der Waals surface area (Å²) in [6, 6.07) is 7.99. The van der Waals surface area contributed by atoms with Gasteiger partial charge in [0.25, 0.3) is 0 Å². The predicted molar refractivity (Wildman–Crippen MR) is 88.8 cm³/mol.